The van der Waals surface area contributed by atoms with E-state index in [2.05, 4.69) is 5.32 Å². The average Bonchev–Trinajstić information content (AvgIpc) is 2.38. The molecule has 0 aromatic carbocycles. The highest BCUT2D eigenvalue weighted by Crippen LogP contribution is 2.21. The van der Waals surface area contributed by atoms with Gasteiger partial charge in [0.2, 0.25) is 11.8 Å². The molecule has 2 saturated heterocycles. The van der Waals surface area contributed by atoms with Gasteiger partial charge in [-0.1, -0.05) is 0 Å². The molecule has 2 aliphatic heterocycles. The number of rotatable bonds is 1. The molecule has 0 unspecified atom stereocenters. The minimum absolute atomic E-state index is 0.0534. The second kappa shape index (κ2) is 5.16. The Morgan fingerprint density at radius 1 is 1.32 bits per heavy atom. The van der Waals surface area contributed by atoms with Gasteiger partial charge in [-0.15, -0.1) is 0 Å². The minimum Gasteiger partial charge on any atom is -0.362 e. The number of piperazine rings is 1. The fourth-order valence-corrected chi connectivity index (χ4v) is 2.41. The van der Waals surface area contributed by atoms with Crippen molar-refractivity contribution in [2.24, 2.45) is 0 Å². The summed E-state index contributed by atoms with van der Waals surface area (Å²) in [6.45, 7) is 5.21. The molecule has 1 N–H and O–H groups in total. The fourth-order valence-electron chi connectivity index (χ4n) is 2.41. The molecule has 2 heterocycles. The van der Waals surface area contributed by atoms with Gasteiger partial charge in [0.05, 0.1) is 19.7 Å². The number of carbonyl (C=O) groups excluding carboxylic acids is 3. The smallest absolute Gasteiger partial charge is 0.256 e. The van der Waals surface area contributed by atoms with Crippen LogP contribution >= 0.6 is 0 Å². The monoisotopic (exact) mass is 269 g/mol. The summed E-state index contributed by atoms with van der Waals surface area (Å²) in [6.07, 6.45) is 0. The van der Waals surface area contributed by atoms with Gasteiger partial charge in [0.25, 0.3) is 5.91 Å². The number of nitrogens with one attached hydrogen (secondary N) is 1. The van der Waals surface area contributed by atoms with Crippen LogP contribution in [0.2, 0.25) is 0 Å². The van der Waals surface area contributed by atoms with Gasteiger partial charge >= 0.3 is 0 Å². The average molecular weight is 269 g/mol. The lowest BCUT2D eigenvalue weighted by atomic mass is 10.0. The van der Waals surface area contributed by atoms with E-state index < -0.39 is 5.60 Å². The molecular weight excluding hydrogens is 250 g/mol. The van der Waals surface area contributed by atoms with Crippen molar-refractivity contribution in [3.63, 3.8) is 0 Å². The SMILES string of the molecule is CC(=O)N1CCO[C@](C)(C(=O)N2CCNC(=O)C2)C1. The van der Waals surface area contributed by atoms with E-state index in [0.717, 1.165) is 0 Å². The molecule has 7 heteroatoms. The van der Waals surface area contributed by atoms with Crippen molar-refractivity contribution >= 4 is 17.7 Å². The fraction of sp³-hybridized carbons (Fsp3) is 0.750. The van der Waals surface area contributed by atoms with Gasteiger partial charge in [-0.05, 0) is 6.92 Å². The molecule has 2 fully saturated rings. The Bertz CT molecular complexity index is 412. The molecule has 0 aromatic heterocycles. The highest BCUT2D eigenvalue weighted by atomic mass is 16.5. The van der Waals surface area contributed by atoms with Crippen molar-refractivity contribution in [1.29, 1.82) is 0 Å². The van der Waals surface area contributed by atoms with Gasteiger partial charge in [-0.2, -0.15) is 0 Å². The first kappa shape index (κ1) is 13.8. The van der Waals surface area contributed by atoms with E-state index in [9.17, 15) is 14.4 Å². The van der Waals surface area contributed by atoms with Crippen molar-refractivity contribution < 1.29 is 19.1 Å². The second-order valence-corrected chi connectivity index (χ2v) is 5.10. The van der Waals surface area contributed by atoms with Crippen molar-refractivity contribution in [2.75, 3.05) is 39.3 Å². The number of morpholine rings is 1. The Labute approximate surface area is 111 Å². The summed E-state index contributed by atoms with van der Waals surface area (Å²) in [6, 6.07) is 0. The molecule has 0 spiro atoms. The molecular formula is C12H19N3O4. The standard InChI is InChI=1S/C12H19N3O4/c1-9(16)15-5-6-19-12(2,8-15)11(18)14-4-3-13-10(17)7-14/h3-8H2,1-2H3,(H,13,17)/t12-/m0/s1. The molecule has 2 rings (SSSR count). The summed E-state index contributed by atoms with van der Waals surface area (Å²) in [7, 11) is 0. The predicted molar refractivity (Wildman–Crippen MR) is 66.2 cm³/mol. The predicted octanol–water partition coefficient (Wildman–Crippen LogP) is -1.42. The molecule has 0 aromatic rings. The zero-order valence-electron chi connectivity index (χ0n) is 11.3. The first-order chi connectivity index (χ1) is 8.92. The Morgan fingerprint density at radius 2 is 2.05 bits per heavy atom. The third-order valence-corrected chi connectivity index (χ3v) is 3.50. The molecule has 7 nitrogen and oxygen atoms in total. The van der Waals surface area contributed by atoms with Gasteiger partial charge in [-0.25, -0.2) is 0 Å². The second-order valence-electron chi connectivity index (χ2n) is 5.10. The van der Waals surface area contributed by atoms with E-state index in [4.69, 9.17) is 4.74 Å². The zero-order chi connectivity index (χ0) is 14.0. The molecule has 3 amide bonds. The molecule has 2 aliphatic rings. The summed E-state index contributed by atoms with van der Waals surface area (Å²) < 4.78 is 5.58. The summed E-state index contributed by atoms with van der Waals surface area (Å²) in [5.41, 5.74) is -1.05. The molecule has 19 heavy (non-hydrogen) atoms. The van der Waals surface area contributed by atoms with Crippen LogP contribution in [-0.2, 0) is 19.1 Å². The first-order valence-electron chi connectivity index (χ1n) is 6.38. The van der Waals surface area contributed by atoms with E-state index >= 15 is 0 Å². The maximum atomic E-state index is 12.5. The zero-order valence-corrected chi connectivity index (χ0v) is 11.3. The molecule has 106 valence electrons. The normalized spacial score (nSPS) is 28.0. The van der Waals surface area contributed by atoms with Crippen LogP contribution in [0.25, 0.3) is 0 Å². The number of amides is 3. The highest BCUT2D eigenvalue weighted by molar-refractivity contribution is 5.91. The minimum atomic E-state index is -1.05. The molecule has 0 aliphatic carbocycles. The Morgan fingerprint density at radius 3 is 2.68 bits per heavy atom. The van der Waals surface area contributed by atoms with Crippen LogP contribution in [0.1, 0.15) is 13.8 Å². The van der Waals surface area contributed by atoms with Crippen LogP contribution in [0.4, 0.5) is 0 Å². The van der Waals surface area contributed by atoms with Crippen LogP contribution in [0.5, 0.6) is 0 Å². The number of carbonyl (C=O) groups is 3. The summed E-state index contributed by atoms with van der Waals surface area (Å²) in [5.74, 6) is -0.463. The largest absolute Gasteiger partial charge is 0.362 e. The molecule has 0 bridgehead atoms. The lowest BCUT2D eigenvalue weighted by Gasteiger charge is -2.42. The summed E-state index contributed by atoms with van der Waals surface area (Å²) in [5, 5.41) is 2.67. The maximum Gasteiger partial charge on any atom is 0.256 e. The van der Waals surface area contributed by atoms with Crippen LogP contribution in [0, 0.1) is 0 Å². The number of ether oxygens (including phenoxy) is 1. The van der Waals surface area contributed by atoms with E-state index in [1.54, 1.807) is 11.8 Å². The van der Waals surface area contributed by atoms with E-state index in [-0.39, 0.29) is 30.8 Å². The van der Waals surface area contributed by atoms with Crippen molar-refractivity contribution in [1.82, 2.24) is 15.1 Å². The third kappa shape index (κ3) is 2.86. The maximum absolute atomic E-state index is 12.5. The van der Waals surface area contributed by atoms with Crippen LogP contribution in [0.3, 0.4) is 0 Å². The molecule has 1 atom stereocenters. The topological polar surface area (TPSA) is 79.0 Å². The Hall–Kier alpha value is -1.63. The van der Waals surface area contributed by atoms with E-state index in [0.29, 0.717) is 26.2 Å². The van der Waals surface area contributed by atoms with Crippen LogP contribution in [0.15, 0.2) is 0 Å². The Kier molecular flexibility index (Phi) is 3.75. The van der Waals surface area contributed by atoms with E-state index in [1.165, 1.54) is 11.8 Å². The summed E-state index contributed by atoms with van der Waals surface area (Å²) in [4.78, 5) is 38.3. The van der Waals surface area contributed by atoms with Gasteiger partial charge in [0.1, 0.15) is 0 Å². The van der Waals surface area contributed by atoms with Gasteiger partial charge in [0, 0.05) is 26.6 Å². The quantitative estimate of drug-likeness (QED) is 0.634. The third-order valence-electron chi connectivity index (χ3n) is 3.50. The lowest BCUT2D eigenvalue weighted by molar-refractivity contribution is -0.172. The van der Waals surface area contributed by atoms with Crippen molar-refractivity contribution in [3.8, 4) is 0 Å². The highest BCUT2D eigenvalue weighted by Gasteiger charge is 2.43. The molecule has 0 saturated carbocycles. The van der Waals surface area contributed by atoms with E-state index in [1.807, 2.05) is 0 Å². The van der Waals surface area contributed by atoms with Crippen LogP contribution < -0.4 is 5.32 Å². The Balaban J connectivity index is 2.07. The number of hydrogen-bond donors (Lipinski definition) is 1. The van der Waals surface area contributed by atoms with Gasteiger partial charge in [0.15, 0.2) is 5.60 Å². The lowest BCUT2D eigenvalue weighted by Crippen LogP contribution is -2.62. The van der Waals surface area contributed by atoms with Crippen molar-refractivity contribution in [2.45, 2.75) is 19.4 Å². The number of hydrogen-bond acceptors (Lipinski definition) is 4. The van der Waals surface area contributed by atoms with Crippen LogP contribution in [-0.4, -0.2) is 72.5 Å². The van der Waals surface area contributed by atoms with Gasteiger partial charge in [-0.3, -0.25) is 14.4 Å². The molecule has 0 radical (unpaired) electrons. The van der Waals surface area contributed by atoms with Crippen molar-refractivity contribution in [3.05, 3.63) is 0 Å². The van der Waals surface area contributed by atoms with Gasteiger partial charge < -0.3 is 19.9 Å². The first-order valence-corrected chi connectivity index (χ1v) is 6.38. The summed E-state index contributed by atoms with van der Waals surface area (Å²) >= 11 is 0. The number of nitrogens with zero attached hydrogens (tertiary/aromatic N) is 2.